The van der Waals surface area contributed by atoms with Crippen molar-refractivity contribution in [3.63, 3.8) is 0 Å². The molecule has 0 saturated heterocycles. The molecule has 2 N–H and O–H groups in total. The molecule has 0 saturated carbocycles. The average molecular weight is 308 g/mol. The van der Waals surface area contributed by atoms with Gasteiger partial charge in [0.2, 0.25) is 0 Å². The van der Waals surface area contributed by atoms with Crippen molar-refractivity contribution in [2.24, 2.45) is 0 Å². The number of hydrogen-bond donors (Lipinski definition) is 2. The van der Waals surface area contributed by atoms with E-state index in [4.69, 9.17) is 4.52 Å². The van der Waals surface area contributed by atoms with Crippen molar-refractivity contribution >= 4 is 17.4 Å². The van der Waals surface area contributed by atoms with E-state index in [-0.39, 0.29) is 6.03 Å². The van der Waals surface area contributed by atoms with Crippen LogP contribution in [0.3, 0.4) is 0 Å². The Kier molecular flexibility index (Phi) is 5.32. The molecular formula is C14H20N4O2S. The van der Waals surface area contributed by atoms with Crippen LogP contribution < -0.4 is 10.6 Å². The van der Waals surface area contributed by atoms with Gasteiger partial charge >= 0.3 is 6.03 Å². The fourth-order valence-electron chi connectivity index (χ4n) is 2.03. The van der Waals surface area contributed by atoms with E-state index >= 15 is 0 Å². The van der Waals surface area contributed by atoms with Crippen LogP contribution in [-0.4, -0.2) is 16.2 Å². The smallest absolute Gasteiger partial charge is 0.315 e. The van der Waals surface area contributed by atoms with Crippen LogP contribution in [-0.2, 0) is 25.9 Å². The van der Waals surface area contributed by atoms with Crippen molar-refractivity contribution in [3.8, 4) is 0 Å². The molecule has 21 heavy (non-hydrogen) atoms. The Labute approximate surface area is 127 Å². The minimum Gasteiger partial charge on any atom is -0.361 e. The zero-order valence-corrected chi connectivity index (χ0v) is 13.3. The monoisotopic (exact) mass is 308 g/mol. The van der Waals surface area contributed by atoms with Crippen molar-refractivity contribution < 1.29 is 9.32 Å². The zero-order valence-electron chi connectivity index (χ0n) is 12.5. The maximum absolute atomic E-state index is 11.9. The molecule has 0 radical (unpaired) electrons. The molecule has 2 amide bonds. The van der Waals surface area contributed by atoms with Gasteiger partial charge in [0.15, 0.2) is 0 Å². The lowest BCUT2D eigenvalue weighted by atomic mass is 10.1. The third-order valence-corrected chi connectivity index (χ3v) is 4.22. The molecular weight excluding hydrogens is 288 g/mol. The van der Waals surface area contributed by atoms with E-state index < -0.39 is 0 Å². The predicted octanol–water partition coefficient (Wildman–Crippen LogP) is 2.56. The molecule has 114 valence electrons. The van der Waals surface area contributed by atoms with Crippen LogP contribution in [0.5, 0.6) is 0 Å². The Morgan fingerprint density at radius 1 is 1.29 bits per heavy atom. The molecule has 0 aromatic carbocycles. The number of carbonyl (C=O) groups is 1. The molecule has 2 aromatic rings. The molecule has 0 unspecified atom stereocenters. The highest BCUT2D eigenvalue weighted by molar-refractivity contribution is 7.09. The summed E-state index contributed by atoms with van der Waals surface area (Å²) >= 11 is 1.54. The summed E-state index contributed by atoms with van der Waals surface area (Å²) in [5.41, 5.74) is 4.64. The van der Waals surface area contributed by atoms with Gasteiger partial charge in [-0.2, -0.15) is 0 Å². The minimum atomic E-state index is -0.201. The van der Waals surface area contributed by atoms with Gasteiger partial charge in [-0.1, -0.05) is 19.0 Å². The number of aryl methyl sites for hydroxylation is 3. The molecule has 0 aliphatic heterocycles. The number of hydrogen-bond acceptors (Lipinski definition) is 5. The summed E-state index contributed by atoms with van der Waals surface area (Å²) < 4.78 is 5.27. The lowest BCUT2D eigenvalue weighted by Crippen LogP contribution is -2.34. The second kappa shape index (κ2) is 7.21. The van der Waals surface area contributed by atoms with Gasteiger partial charge < -0.3 is 15.2 Å². The molecule has 2 heterocycles. The zero-order chi connectivity index (χ0) is 15.2. The molecule has 6 nitrogen and oxygen atoms in total. The minimum absolute atomic E-state index is 0.201. The maximum Gasteiger partial charge on any atom is 0.315 e. The molecule has 0 aliphatic carbocycles. The normalized spacial score (nSPS) is 10.6. The van der Waals surface area contributed by atoms with Gasteiger partial charge in [0.1, 0.15) is 5.76 Å². The number of rotatable bonds is 6. The van der Waals surface area contributed by atoms with Crippen LogP contribution in [0.1, 0.15) is 41.4 Å². The Bertz CT molecular complexity index is 584. The quantitative estimate of drug-likeness (QED) is 0.859. The number of urea groups is 1. The fraction of sp³-hybridized carbons (Fsp3) is 0.500. The molecule has 2 rings (SSSR count). The molecule has 0 aliphatic rings. The fourth-order valence-corrected chi connectivity index (χ4v) is 2.74. The second-order valence-electron chi connectivity index (χ2n) is 4.64. The van der Waals surface area contributed by atoms with Crippen LogP contribution in [0.15, 0.2) is 10.0 Å². The van der Waals surface area contributed by atoms with E-state index in [9.17, 15) is 4.79 Å². The molecule has 0 spiro atoms. The van der Waals surface area contributed by atoms with Crippen LogP contribution in [0.4, 0.5) is 4.79 Å². The highest BCUT2D eigenvalue weighted by Gasteiger charge is 2.14. The Morgan fingerprint density at radius 3 is 2.67 bits per heavy atom. The highest BCUT2D eigenvalue weighted by Crippen LogP contribution is 2.15. The molecule has 0 bridgehead atoms. The van der Waals surface area contributed by atoms with Gasteiger partial charge in [-0.05, 0) is 13.3 Å². The SMILES string of the molecule is CCc1noc(CC)c1CNC(=O)NCc1scnc1C. The van der Waals surface area contributed by atoms with Crippen LogP contribution in [0.25, 0.3) is 0 Å². The van der Waals surface area contributed by atoms with Crippen molar-refractivity contribution in [2.75, 3.05) is 0 Å². The Morgan fingerprint density at radius 2 is 2.05 bits per heavy atom. The molecule has 0 fully saturated rings. The maximum atomic E-state index is 11.9. The summed E-state index contributed by atoms with van der Waals surface area (Å²) in [5.74, 6) is 0.838. The number of aromatic nitrogens is 2. The number of thiazole rings is 1. The average Bonchev–Trinajstić information content (AvgIpc) is 3.08. The Hall–Kier alpha value is -1.89. The first-order chi connectivity index (χ1) is 10.2. The van der Waals surface area contributed by atoms with E-state index in [1.807, 2.05) is 20.8 Å². The van der Waals surface area contributed by atoms with Crippen molar-refractivity contribution in [1.82, 2.24) is 20.8 Å². The highest BCUT2D eigenvalue weighted by atomic mass is 32.1. The molecule has 0 atom stereocenters. The summed E-state index contributed by atoms with van der Waals surface area (Å²) in [6, 6.07) is -0.201. The number of nitrogens with one attached hydrogen (secondary N) is 2. The standard InChI is InChI=1S/C14H20N4O2S/c1-4-11-10(12(5-2)20-18-11)6-15-14(19)16-7-13-9(3)17-8-21-13/h8H,4-7H2,1-3H3,(H2,15,16,19). The first-order valence-electron chi connectivity index (χ1n) is 7.02. The number of amides is 2. The summed E-state index contributed by atoms with van der Waals surface area (Å²) in [7, 11) is 0. The molecule has 2 aromatic heterocycles. The summed E-state index contributed by atoms with van der Waals surface area (Å²) in [6.45, 7) is 6.89. The van der Waals surface area contributed by atoms with Crippen LogP contribution in [0.2, 0.25) is 0 Å². The largest absolute Gasteiger partial charge is 0.361 e. The lowest BCUT2D eigenvalue weighted by Gasteiger charge is -2.07. The number of carbonyl (C=O) groups excluding carboxylic acids is 1. The van der Waals surface area contributed by atoms with Crippen molar-refractivity contribution in [3.05, 3.63) is 33.1 Å². The van der Waals surface area contributed by atoms with Gasteiger partial charge in [0.25, 0.3) is 0 Å². The summed E-state index contributed by atoms with van der Waals surface area (Å²) in [5, 5.41) is 9.71. The summed E-state index contributed by atoms with van der Waals surface area (Å²) in [6.07, 6.45) is 1.56. The topological polar surface area (TPSA) is 80.0 Å². The first kappa shape index (κ1) is 15.5. The number of nitrogens with zero attached hydrogens (tertiary/aromatic N) is 2. The van der Waals surface area contributed by atoms with Crippen LogP contribution >= 0.6 is 11.3 Å². The van der Waals surface area contributed by atoms with Gasteiger partial charge in [-0.15, -0.1) is 11.3 Å². The van der Waals surface area contributed by atoms with E-state index in [1.165, 1.54) is 0 Å². The van der Waals surface area contributed by atoms with Gasteiger partial charge in [-0.25, -0.2) is 9.78 Å². The summed E-state index contributed by atoms with van der Waals surface area (Å²) in [4.78, 5) is 17.1. The predicted molar refractivity (Wildman–Crippen MR) is 81.2 cm³/mol. The van der Waals surface area contributed by atoms with Gasteiger partial charge in [0, 0.05) is 23.4 Å². The van der Waals surface area contributed by atoms with Gasteiger partial charge in [0.05, 0.1) is 23.4 Å². The van der Waals surface area contributed by atoms with Crippen molar-refractivity contribution in [2.45, 2.75) is 46.7 Å². The Balaban J connectivity index is 1.86. The third-order valence-electron chi connectivity index (χ3n) is 3.29. The first-order valence-corrected chi connectivity index (χ1v) is 7.90. The molecule has 7 heteroatoms. The van der Waals surface area contributed by atoms with Crippen LogP contribution in [0, 0.1) is 6.92 Å². The van der Waals surface area contributed by atoms with E-state index in [1.54, 1.807) is 16.8 Å². The van der Waals surface area contributed by atoms with E-state index in [0.29, 0.717) is 13.1 Å². The third kappa shape index (κ3) is 3.81. The van der Waals surface area contributed by atoms with E-state index in [2.05, 4.69) is 20.8 Å². The van der Waals surface area contributed by atoms with Crippen molar-refractivity contribution in [1.29, 1.82) is 0 Å². The second-order valence-corrected chi connectivity index (χ2v) is 5.57. The van der Waals surface area contributed by atoms with Gasteiger partial charge in [-0.3, -0.25) is 0 Å². The lowest BCUT2D eigenvalue weighted by molar-refractivity contribution is 0.240. The van der Waals surface area contributed by atoms with E-state index in [0.717, 1.165) is 40.4 Å².